The predicted octanol–water partition coefficient (Wildman–Crippen LogP) is 5.10. The Kier molecular flexibility index (Phi) is 5.69. The van der Waals surface area contributed by atoms with Gasteiger partial charge in [0.25, 0.3) is 11.8 Å². The minimum atomic E-state index is -0.420. The molecule has 0 bridgehead atoms. The molecular weight excluding hydrogens is 391 g/mol. The highest BCUT2D eigenvalue weighted by Gasteiger charge is 2.15. The molecule has 0 atom stereocenters. The highest BCUT2D eigenvalue weighted by atomic mass is 35.5. The van der Waals surface area contributed by atoms with Crippen LogP contribution in [0.1, 0.15) is 20.9 Å². The van der Waals surface area contributed by atoms with Crippen molar-refractivity contribution in [1.82, 2.24) is 0 Å². The minimum Gasteiger partial charge on any atom is -0.494 e. The number of anilines is 2. The monoisotopic (exact) mass is 404 g/mol. The largest absolute Gasteiger partial charge is 0.494 e. The van der Waals surface area contributed by atoms with E-state index in [1.54, 1.807) is 42.5 Å². The van der Waals surface area contributed by atoms with Crippen LogP contribution in [-0.4, -0.2) is 18.9 Å². The van der Waals surface area contributed by atoms with Crippen molar-refractivity contribution in [3.8, 4) is 5.75 Å². The Morgan fingerprint density at radius 1 is 1.00 bits per heavy atom. The van der Waals surface area contributed by atoms with Crippen molar-refractivity contribution in [3.63, 3.8) is 0 Å². The summed E-state index contributed by atoms with van der Waals surface area (Å²) < 4.78 is 10.3. The van der Waals surface area contributed by atoms with Gasteiger partial charge >= 0.3 is 0 Å². The molecule has 2 amide bonds. The molecule has 0 fully saturated rings. The molecule has 8 heteroatoms. The molecule has 0 unspecified atom stereocenters. The molecule has 27 heavy (non-hydrogen) atoms. The van der Waals surface area contributed by atoms with Crippen LogP contribution in [0.15, 0.2) is 59.2 Å². The average molecular weight is 405 g/mol. The number of carbonyl (C=O) groups excluding carboxylic acids is 2. The number of furan rings is 1. The van der Waals surface area contributed by atoms with Crippen molar-refractivity contribution < 1.29 is 18.7 Å². The van der Waals surface area contributed by atoms with E-state index in [-0.39, 0.29) is 16.3 Å². The molecule has 138 valence electrons. The molecule has 0 saturated heterocycles. The fourth-order valence-corrected chi connectivity index (χ4v) is 2.71. The summed E-state index contributed by atoms with van der Waals surface area (Å²) >= 11 is 12.0. The van der Waals surface area contributed by atoms with Crippen LogP contribution in [0.4, 0.5) is 11.4 Å². The van der Waals surface area contributed by atoms with Gasteiger partial charge in [-0.05, 0) is 42.5 Å². The number of nitrogens with one attached hydrogen (secondary N) is 2. The number of halogens is 2. The summed E-state index contributed by atoms with van der Waals surface area (Å²) in [6, 6.07) is 12.6. The van der Waals surface area contributed by atoms with Gasteiger partial charge in [-0.3, -0.25) is 9.59 Å². The molecule has 0 spiro atoms. The number of benzene rings is 2. The second-order valence-electron chi connectivity index (χ2n) is 5.42. The molecule has 0 aliphatic rings. The van der Waals surface area contributed by atoms with Gasteiger partial charge in [-0.1, -0.05) is 23.2 Å². The van der Waals surface area contributed by atoms with Gasteiger partial charge in [-0.2, -0.15) is 0 Å². The number of hydrogen-bond acceptors (Lipinski definition) is 4. The standard InChI is InChI=1S/C19H14Cl2N2O4/c1-26-17-10-12(22-18(24)13-9-11(20)4-6-14(13)21)5-7-15(17)23-19(25)16-3-2-8-27-16/h2-10H,1H3,(H,22,24)(H,23,25). The van der Waals surface area contributed by atoms with Crippen LogP contribution in [-0.2, 0) is 0 Å². The van der Waals surface area contributed by atoms with Gasteiger partial charge in [0.05, 0.1) is 29.6 Å². The van der Waals surface area contributed by atoms with Crippen LogP contribution in [0.2, 0.25) is 10.0 Å². The lowest BCUT2D eigenvalue weighted by Gasteiger charge is -2.12. The normalized spacial score (nSPS) is 10.3. The van der Waals surface area contributed by atoms with Crippen molar-refractivity contribution >= 4 is 46.4 Å². The summed E-state index contributed by atoms with van der Waals surface area (Å²) in [5.41, 5.74) is 1.14. The summed E-state index contributed by atoms with van der Waals surface area (Å²) in [5.74, 6) is -0.298. The Morgan fingerprint density at radius 3 is 2.52 bits per heavy atom. The van der Waals surface area contributed by atoms with Crippen molar-refractivity contribution in [2.75, 3.05) is 17.7 Å². The molecule has 1 heterocycles. The van der Waals surface area contributed by atoms with E-state index < -0.39 is 11.8 Å². The van der Waals surface area contributed by atoms with E-state index in [0.717, 1.165) is 0 Å². The second-order valence-corrected chi connectivity index (χ2v) is 6.27. The van der Waals surface area contributed by atoms with E-state index in [2.05, 4.69) is 10.6 Å². The minimum absolute atomic E-state index is 0.171. The molecule has 3 aromatic rings. The van der Waals surface area contributed by atoms with E-state index in [1.807, 2.05) is 0 Å². The maximum Gasteiger partial charge on any atom is 0.291 e. The average Bonchev–Trinajstić information content (AvgIpc) is 3.19. The molecule has 3 rings (SSSR count). The smallest absolute Gasteiger partial charge is 0.291 e. The lowest BCUT2D eigenvalue weighted by molar-refractivity contribution is 0.0994. The zero-order chi connectivity index (χ0) is 19.4. The Hall–Kier alpha value is -2.96. The number of hydrogen-bond donors (Lipinski definition) is 2. The molecule has 2 N–H and O–H groups in total. The molecular formula is C19H14Cl2N2O4. The third-order valence-electron chi connectivity index (χ3n) is 3.63. The van der Waals surface area contributed by atoms with E-state index in [1.165, 1.54) is 19.4 Å². The van der Waals surface area contributed by atoms with Crippen LogP contribution in [0.3, 0.4) is 0 Å². The van der Waals surface area contributed by atoms with E-state index in [9.17, 15) is 9.59 Å². The summed E-state index contributed by atoms with van der Waals surface area (Å²) in [7, 11) is 1.46. The van der Waals surface area contributed by atoms with Gasteiger partial charge in [0.2, 0.25) is 0 Å². The fourth-order valence-electron chi connectivity index (χ4n) is 2.33. The zero-order valence-electron chi connectivity index (χ0n) is 14.1. The third kappa shape index (κ3) is 4.42. The maximum absolute atomic E-state index is 12.4. The Bertz CT molecular complexity index is 987. The van der Waals surface area contributed by atoms with E-state index >= 15 is 0 Å². The van der Waals surface area contributed by atoms with Crippen molar-refractivity contribution in [2.45, 2.75) is 0 Å². The van der Waals surface area contributed by atoms with Gasteiger partial charge in [-0.15, -0.1) is 0 Å². The molecule has 2 aromatic carbocycles. The van der Waals surface area contributed by atoms with Gasteiger partial charge in [0.15, 0.2) is 5.76 Å². The van der Waals surface area contributed by atoms with Gasteiger partial charge in [0, 0.05) is 16.8 Å². The van der Waals surface area contributed by atoms with Crippen molar-refractivity contribution in [3.05, 3.63) is 76.2 Å². The Labute approximate surface area is 165 Å². The van der Waals surface area contributed by atoms with Crippen LogP contribution in [0.25, 0.3) is 0 Å². The molecule has 0 aliphatic carbocycles. The number of ether oxygens (including phenoxy) is 1. The van der Waals surface area contributed by atoms with Crippen LogP contribution < -0.4 is 15.4 Å². The van der Waals surface area contributed by atoms with Gasteiger partial charge in [-0.25, -0.2) is 0 Å². The Morgan fingerprint density at radius 2 is 1.81 bits per heavy atom. The molecule has 0 radical (unpaired) electrons. The molecule has 6 nitrogen and oxygen atoms in total. The highest BCUT2D eigenvalue weighted by molar-refractivity contribution is 6.36. The van der Waals surface area contributed by atoms with Crippen LogP contribution in [0, 0.1) is 0 Å². The first-order valence-electron chi connectivity index (χ1n) is 7.77. The summed E-state index contributed by atoms with van der Waals surface area (Å²) in [6.45, 7) is 0. The Balaban J connectivity index is 1.78. The molecule has 0 aliphatic heterocycles. The van der Waals surface area contributed by atoms with E-state index in [4.69, 9.17) is 32.4 Å². The lowest BCUT2D eigenvalue weighted by atomic mass is 10.2. The van der Waals surface area contributed by atoms with Crippen LogP contribution in [0.5, 0.6) is 5.75 Å². The number of rotatable bonds is 5. The van der Waals surface area contributed by atoms with Gasteiger partial charge in [0.1, 0.15) is 5.75 Å². The maximum atomic E-state index is 12.4. The molecule has 0 saturated carbocycles. The number of amides is 2. The SMILES string of the molecule is COc1cc(NC(=O)c2cc(Cl)ccc2Cl)ccc1NC(=O)c1ccco1. The van der Waals surface area contributed by atoms with Gasteiger partial charge < -0.3 is 19.8 Å². The summed E-state index contributed by atoms with van der Waals surface area (Å²) in [6.07, 6.45) is 1.41. The first-order valence-corrected chi connectivity index (χ1v) is 8.53. The fraction of sp³-hybridized carbons (Fsp3) is 0.0526. The topological polar surface area (TPSA) is 80.6 Å². The lowest BCUT2D eigenvalue weighted by Crippen LogP contribution is -2.14. The van der Waals surface area contributed by atoms with Crippen molar-refractivity contribution in [1.29, 1.82) is 0 Å². The number of methoxy groups -OCH3 is 1. The zero-order valence-corrected chi connectivity index (χ0v) is 15.6. The highest BCUT2D eigenvalue weighted by Crippen LogP contribution is 2.29. The summed E-state index contributed by atoms with van der Waals surface area (Å²) in [4.78, 5) is 24.5. The van der Waals surface area contributed by atoms with Crippen molar-refractivity contribution in [2.24, 2.45) is 0 Å². The first kappa shape index (κ1) is 18.8. The third-order valence-corrected chi connectivity index (χ3v) is 4.19. The molecule has 1 aromatic heterocycles. The predicted molar refractivity (Wildman–Crippen MR) is 104 cm³/mol. The van der Waals surface area contributed by atoms with Crippen LogP contribution >= 0.6 is 23.2 Å². The summed E-state index contributed by atoms with van der Waals surface area (Å²) in [5, 5.41) is 6.08. The van der Waals surface area contributed by atoms with E-state index in [0.29, 0.717) is 22.1 Å². The first-order chi connectivity index (χ1) is 13.0. The second kappa shape index (κ2) is 8.16. The quantitative estimate of drug-likeness (QED) is 0.619. The number of carbonyl (C=O) groups is 2.